The van der Waals surface area contributed by atoms with Crippen molar-refractivity contribution in [3.63, 3.8) is 0 Å². The monoisotopic (exact) mass is 359 g/mol. The summed E-state index contributed by atoms with van der Waals surface area (Å²) in [6.07, 6.45) is 5.75. The summed E-state index contributed by atoms with van der Waals surface area (Å²) in [5.74, 6) is -0.361. The lowest BCUT2D eigenvalue weighted by atomic mass is 10.0. The quantitative estimate of drug-likeness (QED) is 0.678. The van der Waals surface area contributed by atoms with Gasteiger partial charge in [-0.05, 0) is 50.5 Å². The fourth-order valence-corrected chi connectivity index (χ4v) is 3.61. The number of ether oxygens (including phenoxy) is 1. The molecule has 2 aliphatic rings. The zero-order chi connectivity index (χ0) is 18.5. The van der Waals surface area contributed by atoms with E-state index in [2.05, 4.69) is 16.8 Å². The van der Waals surface area contributed by atoms with E-state index in [0.717, 1.165) is 24.1 Å². The van der Waals surface area contributed by atoms with Gasteiger partial charge in [0.15, 0.2) is 11.5 Å². The number of nitrogens with zero attached hydrogens (tertiary/aromatic N) is 2. The van der Waals surface area contributed by atoms with Crippen molar-refractivity contribution in [2.24, 2.45) is 0 Å². The maximum atomic E-state index is 9.54. The summed E-state index contributed by atoms with van der Waals surface area (Å²) in [7, 11) is 0. The van der Waals surface area contributed by atoms with Crippen molar-refractivity contribution in [2.75, 3.05) is 38.6 Å². The first-order valence-electron chi connectivity index (χ1n) is 9.53. The van der Waals surface area contributed by atoms with Crippen molar-refractivity contribution < 1.29 is 14.9 Å². The number of piperidine rings is 1. The first-order valence-corrected chi connectivity index (χ1v) is 9.53. The predicted molar refractivity (Wildman–Crippen MR) is 104 cm³/mol. The Morgan fingerprint density at radius 2 is 1.77 bits per heavy atom. The molecule has 0 spiro atoms. The minimum atomic E-state index is -0.181. The molecule has 6 heteroatoms. The number of phenolic OH excluding ortho intramolecular Hbond substituents is 2. The third-order valence-electron chi connectivity index (χ3n) is 5.19. The Hall–Kier alpha value is -2.05. The van der Waals surface area contributed by atoms with E-state index in [1.807, 2.05) is 0 Å². The van der Waals surface area contributed by atoms with Crippen LogP contribution in [0.5, 0.6) is 11.5 Å². The van der Waals surface area contributed by atoms with E-state index in [9.17, 15) is 10.2 Å². The van der Waals surface area contributed by atoms with Crippen LogP contribution in [0.1, 0.15) is 37.4 Å². The molecule has 2 aromatic rings. The zero-order valence-corrected chi connectivity index (χ0v) is 15.5. The van der Waals surface area contributed by atoms with Crippen LogP contribution in [0, 0.1) is 0 Å². The van der Waals surface area contributed by atoms with E-state index >= 15 is 0 Å². The Labute approximate surface area is 154 Å². The molecule has 1 fully saturated rings. The van der Waals surface area contributed by atoms with Crippen LogP contribution in [0.15, 0.2) is 12.1 Å². The summed E-state index contributed by atoms with van der Waals surface area (Å²) >= 11 is 0. The van der Waals surface area contributed by atoms with Gasteiger partial charge >= 0.3 is 0 Å². The van der Waals surface area contributed by atoms with E-state index in [1.54, 1.807) is 0 Å². The van der Waals surface area contributed by atoms with E-state index in [1.165, 1.54) is 51.0 Å². The van der Waals surface area contributed by atoms with Crippen molar-refractivity contribution >= 4 is 16.6 Å². The summed E-state index contributed by atoms with van der Waals surface area (Å²) in [4.78, 5) is 7.02. The largest absolute Gasteiger partial charge is 0.504 e. The van der Waals surface area contributed by atoms with E-state index < -0.39 is 0 Å². The molecule has 4 rings (SSSR count). The highest BCUT2D eigenvalue weighted by atomic mass is 16.5. The van der Waals surface area contributed by atoms with Crippen LogP contribution in [0.3, 0.4) is 0 Å². The van der Waals surface area contributed by atoms with Crippen LogP contribution in [-0.2, 0) is 17.6 Å². The van der Waals surface area contributed by atoms with Crippen LogP contribution >= 0.6 is 0 Å². The van der Waals surface area contributed by atoms with E-state index in [0.29, 0.717) is 29.8 Å². The number of pyridine rings is 1. The topological polar surface area (TPSA) is 91.8 Å². The molecule has 0 atom stereocenters. The SMILES string of the molecule is CCN1CCCCC1.Nc1c2c(nc3cc(O)c(O)cc13)CCOCC2. The summed E-state index contributed by atoms with van der Waals surface area (Å²) in [6, 6.07) is 2.89. The van der Waals surface area contributed by atoms with Crippen LogP contribution < -0.4 is 5.73 Å². The lowest BCUT2D eigenvalue weighted by molar-refractivity contribution is 0.146. The molecule has 142 valence electrons. The number of phenols is 2. The van der Waals surface area contributed by atoms with Gasteiger partial charge in [-0.2, -0.15) is 0 Å². The van der Waals surface area contributed by atoms with Gasteiger partial charge < -0.3 is 25.6 Å². The first-order chi connectivity index (χ1) is 12.6. The summed E-state index contributed by atoms with van der Waals surface area (Å²) < 4.78 is 5.41. The van der Waals surface area contributed by atoms with Gasteiger partial charge in [-0.1, -0.05) is 13.3 Å². The number of fused-ring (bicyclic) bond motifs is 2. The van der Waals surface area contributed by atoms with Crippen molar-refractivity contribution in [1.82, 2.24) is 9.88 Å². The third-order valence-corrected chi connectivity index (χ3v) is 5.19. The predicted octanol–water partition coefficient (Wildman–Crippen LogP) is 2.84. The van der Waals surface area contributed by atoms with Gasteiger partial charge in [-0.15, -0.1) is 0 Å². The highest BCUT2D eigenvalue weighted by molar-refractivity contribution is 5.94. The number of nitrogen functional groups attached to an aromatic ring is 1. The molecular weight excluding hydrogens is 330 g/mol. The molecule has 0 aliphatic carbocycles. The van der Waals surface area contributed by atoms with Crippen molar-refractivity contribution in [1.29, 1.82) is 0 Å². The number of nitrogens with two attached hydrogens (primary N) is 1. The molecule has 4 N–H and O–H groups in total. The highest BCUT2D eigenvalue weighted by Crippen LogP contribution is 2.35. The lowest BCUT2D eigenvalue weighted by Crippen LogP contribution is -2.29. The molecule has 6 nitrogen and oxygen atoms in total. The average Bonchev–Trinajstić information content (AvgIpc) is 2.90. The van der Waals surface area contributed by atoms with Crippen LogP contribution in [0.4, 0.5) is 5.69 Å². The normalized spacial score (nSPS) is 17.9. The molecule has 0 bridgehead atoms. The number of likely N-dealkylation sites (tertiary alicyclic amines) is 1. The second-order valence-electron chi connectivity index (χ2n) is 6.92. The Morgan fingerprint density at radius 1 is 1.08 bits per heavy atom. The average molecular weight is 359 g/mol. The molecule has 1 aromatic heterocycles. The first kappa shape index (κ1) is 18.7. The van der Waals surface area contributed by atoms with Crippen molar-refractivity contribution in [2.45, 2.75) is 39.0 Å². The molecule has 0 radical (unpaired) electrons. The lowest BCUT2D eigenvalue weighted by Gasteiger charge is -2.24. The smallest absolute Gasteiger partial charge is 0.159 e. The van der Waals surface area contributed by atoms with Crippen LogP contribution in [-0.4, -0.2) is 52.9 Å². The van der Waals surface area contributed by atoms with Crippen LogP contribution in [0.25, 0.3) is 10.9 Å². The molecule has 1 saturated heterocycles. The number of aromatic nitrogens is 1. The number of benzene rings is 1. The molecule has 1 aromatic carbocycles. The van der Waals surface area contributed by atoms with Gasteiger partial charge in [0.1, 0.15) is 0 Å². The Bertz CT molecular complexity index is 758. The minimum Gasteiger partial charge on any atom is -0.504 e. The summed E-state index contributed by atoms with van der Waals surface area (Å²) in [5.41, 5.74) is 9.27. The number of anilines is 1. The van der Waals surface area contributed by atoms with Gasteiger partial charge in [0.25, 0.3) is 0 Å². The van der Waals surface area contributed by atoms with Gasteiger partial charge in [-0.25, -0.2) is 0 Å². The van der Waals surface area contributed by atoms with Crippen molar-refractivity contribution in [3.8, 4) is 11.5 Å². The molecule has 2 aliphatic heterocycles. The van der Waals surface area contributed by atoms with Crippen molar-refractivity contribution in [3.05, 3.63) is 23.4 Å². The van der Waals surface area contributed by atoms with Gasteiger partial charge in [0.05, 0.1) is 18.7 Å². The molecule has 3 heterocycles. The molecule has 0 saturated carbocycles. The van der Waals surface area contributed by atoms with E-state index in [-0.39, 0.29) is 11.5 Å². The Kier molecular flexibility index (Phi) is 6.16. The summed E-state index contributed by atoms with van der Waals surface area (Å²) in [6.45, 7) is 7.45. The zero-order valence-electron chi connectivity index (χ0n) is 15.5. The van der Waals surface area contributed by atoms with E-state index in [4.69, 9.17) is 10.5 Å². The van der Waals surface area contributed by atoms with Crippen LogP contribution in [0.2, 0.25) is 0 Å². The number of hydrogen-bond donors (Lipinski definition) is 3. The standard InChI is InChI=1S/C13H14N2O3.C7H15N/c14-13-7-1-3-18-4-2-9(7)15-10-6-12(17)11(16)5-8(10)13;1-2-8-6-4-3-5-7-8/h5-6,16-17H,1-4H2,(H2,14,15);2-7H2,1H3. The number of hydrogen-bond acceptors (Lipinski definition) is 6. The molecular formula is C20H29N3O3. The minimum absolute atomic E-state index is 0.180. The summed E-state index contributed by atoms with van der Waals surface area (Å²) in [5, 5.41) is 19.7. The fourth-order valence-electron chi connectivity index (χ4n) is 3.61. The highest BCUT2D eigenvalue weighted by Gasteiger charge is 2.17. The number of aromatic hydroxyl groups is 2. The van der Waals surface area contributed by atoms with Gasteiger partial charge in [0, 0.05) is 29.3 Å². The third kappa shape index (κ3) is 4.19. The Balaban J connectivity index is 0.000000206. The second kappa shape index (κ2) is 8.56. The molecule has 26 heavy (non-hydrogen) atoms. The number of rotatable bonds is 1. The van der Waals surface area contributed by atoms with Gasteiger partial charge in [0.2, 0.25) is 0 Å². The second-order valence-corrected chi connectivity index (χ2v) is 6.92. The fraction of sp³-hybridized carbons (Fsp3) is 0.550. The maximum Gasteiger partial charge on any atom is 0.159 e. The molecule has 0 amide bonds. The molecule has 0 unspecified atom stereocenters. The van der Waals surface area contributed by atoms with Gasteiger partial charge in [-0.3, -0.25) is 4.98 Å². The Morgan fingerprint density at radius 3 is 2.46 bits per heavy atom. The maximum absolute atomic E-state index is 9.54.